The average molecular weight is 537 g/mol. The zero-order valence-electron chi connectivity index (χ0n) is 23.0. The Morgan fingerprint density at radius 1 is 0.825 bits per heavy atom. The summed E-state index contributed by atoms with van der Waals surface area (Å²) in [6, 6.07) is 7.64. The Bertz CT molecular complexity index is 1420. The predicted octanol–water partition coefficient (Wildman–Crippen LogP) is 4.83. The van der Waals surface area contributed by atoms with E-state index in [0.717, 1.165) is 36.8 Å². The Kier molecular flexibility index (Phi) is 5.88. The number of carbonyl (C=O) groups excluding carboxylic acids is 4. The molecule has 1 aromatic carbocycles. The quantitative estimate of drug-likeness (QED) is 0.335. The number of imide groups is 2. The number of hydrogen-bond donors (Lipinski definition) is 0. The van der Waals surface area contributed by atoms with Crippen molar-refractivity contribution in [3.63, 3.8) is 0 Å². The Morgan fingerprint density at radius 2 is 1.38 bits per heavy atom. The molecule has 2 saturated heterocycles. The molecule has 206 valence electrons. The van der Waals surface area contributed by atoms with E-state index in [-0.39, 0.29) is 90.0 Å². The second-order valence-electron chi connectivity index (χ2n) is 12.7. The molecule has 9 atom stereocenters. The molecule has 4 amide bonds. The first-order valence-electron chi connectivity index (χ1n) is 14.8. The summed E-state index contributed by atoms with van der Waals surface area (Å²) >= 11 is 0. The molecule has 0 spiro atoms. The van der Waals surface area contributed by atoms with Crippen molar-refractivity contribution >= 4 is 23.6 Å². The average Bonchev–Trinajstić information content (AvgIpc) is 3.79. The number of benzene rings is 1. The third-order valence-corrected chi connectivity index (χ3v) is 10.7. The molecule has 4 fully saturated rings. The molecule has 2 aliphatic heterocycles. The van der Waals surface area contributed by atoms with Crippen LogP contribution in [0.1, 0.15) is 43.7 Å². The zero-order valence-corrected chi connectivity index (χ0v) is 23.0. The molecule has 6 nitrogen and oxygen atoms in total. The van der Waals surface area contributed by atoms with Crippen LogP contribution in [0, 0.1) is 53.3 Å². The molecule has 2 heterocycles. The molecule has 9 unspecified atom stereocenters. The van der Waals surface area contributed by atoms with Gasteiger partial charge in [-0.3, -0.25) is 29.0 Å². The van der Waals surface area contributed by atoms with E-state index in [1.165, 1.54) is 20.9 Å². The summed E-state index contributed by atoms with van der Waals surface area (Å²) in [5.41, 5.74) is 4.25. The molecule has 2 saturated carbocycles. The minimum absolute atomic E-state index is 0.0534. The van der Waals surface area contributed by atoms with Gasteiger partial charge in [-0.2, -0.15) is 0 Å². The van der Waals surface area contributed by atoms with Gasteiger partial charge < -0.3 is 0 Å². The number of rotatable bonds is 9. The van der Waals surface area contributed by atoms with Gasteiger partial charge in [0.2, 0.25) is 23.6 Å². The molecular weight excluding hydrogens is 500 g/mol. The maximum Gasteiger partial charge on any atom is 0.234 e. The van der Waals surface area contributed by atoms with Gasteiger partial charge in [0.15, 0.2) is 0 Å². The van der Waals surface area contributed by atoms with E-state index in [1.54, 1.807) is 0 Å². The van der Waals surface area contributed by atoms with E-state index in [4.69, 9.17) is 0 Å². The van der Waals surface area contributed by atoms with Crippen LogP contribution >= 0.6 is 0 Å². The smallest absolute Gasteiger partial charge is 0.234 e. The number of hydrogen-bond acceptors (Lipinski definition) is 4. The van der Waals surface area contributed by atoms with E-state index in [0.29, 0.717) is 0 Å². The van der Waals surface area contributed by atoms with E-state index < -0.39 is 0 Å². The van der Waals surface area contributed by atoms with Crippen molar-refractivity contribution in [2.45, 2.75) is 45.7 Å². The number of fused-ring (bicyclic) bond motifs is 10. The van der Waals surface area contributed by atoms with Crippen molar-refractivity contribution in [3.8, 4) is 0 Å². The third-order valence-electron chi connectivity index (χ3n) is 10.7. The first kappa shape index (κ1) is 25.4. The van der Waals surface area contributed by atoms with Crippen LogP contribution in [0.25, 0.3) is 0 Å². The SMILES string of the molecule is C=CCCC1=CC2CC1C1C(=O)N(Cc3cccc(CN4C(=O)C5C6C=C(C(C)C=C)C(C6)C5C4=O)c3)C(=O)C21. The monoisotopic (exact) mass is 536 g/mol. The summed E-state index contributed by atoms with van der Waals surface area (Å²) in [4.78, 5) is 56.7. The molecule has 7 rings (SSSR count). The topological polar surface area (TPSA) is 74.8 Å². The number of amides is 4. The van der Waals surface area contributed by atoms with Crippen LogP contribution in [-0.4, -0.2) is 33.4 Å². The molecular formula is C34H36N2O4. The van der Waals surface area contributed by atoms with Gasteiger partial charge >= 0.3 is 0 Å². The van der Waals surface area contributed by atoms with Crippen LogP contribution < -0.4 is 0 Å². The van der Waals surface area contributed by atoms with Gasteiger partial charge in [0.1, 0.15) is 0 Å². The van der Waals surface area contributed by atoms with Crippen molar-refractivity contribution in [2.75, 3.05) is 0 Å². The fourth-order valence-corrected chi connectivity index (χ4v) is 8.97. The molecule has 4 bridgehead atoms. The Balaban J connectivity index is 1.05. The number of nitrogens with zero attached hydrogens (tertiary/aromatic N) is 2. The van der Waals surface area contributed by atoms with Crippen LogP contribution in [0.15, 0.2) is 72.9 Å². The van der Waals surface area contributed by atoms with Gasteiger partial charge in [-0.25, -0.2) is 0 Å². The van der Waals surface area contributed by atoms with Gasteiger partial charge in [-0.05, 0) is 66.4 Å². The lowest BCUT2D eigenvalue weighted by Crippen LogP contribution is -2.33. The van der Waals surface area contributed by atoms with Crippen LogP contribution in [0.4, 0.5) is 0 Å². The number of allylic oxidation sites excluding steroid dienone is 6. The normalized spacial score (nSPS) is 35.8. The van der Waals surface area contributed by atoms with Crippen LogP contribution in [0.5, 0.6) is 0 Å². The molecule has 4 aliphatic carbocycles. The molecule has 6 aliphatic rings. The van der Waals surface area contributed by atoms with E-state index in [1.807, 2.05) is 36.4 Å². The lowest BCUT2D eigenvalue weighted by Gasteiger charge is -2.24. The Morgan fingerprint density at radius 3 is 1.98 bits per heavy atom. The summed E-state index contributed by atoms with van der Waals surface area (Å²) in [6.07, 6.45) is 11.9. The van der Waals surface area contributed by atoms with Crippen molar-refractivity contribution in [1.29, 1.82) is 0 Å². The fraction of sp³-hybridized carbons (Fsp3) is 0.471. The van der Waals surface area contributed by atoms with Gasteiger partial charge in [-0.15, -0.1) is 13.2 Å². The molecule has 40 heavy (non-hydrogen) atoms. The first-order valence-corrected chi connectivity index (χ1v) is 14.8. The fourth-order valence-electron chi connectivity index (χ4n) is 8.97. The molecule has 6 heteroatoms. The first-order chi connectivity index (χ1) is 19.3. The molecule has 0 radical (unpaired) electrons. The van der Waals surface area contributed by atoms with E-state index in [9.17, 15) is 19.2 Å². The summed E-state index contributed by atoms with van der Waals surface area (Å²) in [5.74, 6) is -0.410. The van der Waals surface area contributed by atoms with Gasteiger partial charge in [0, 0.05) is 0 Å². The molecule has 1 aromatic rings. The minimum Gasteiger partial charge on any atom is -0.278 e. The molecule has 0 aromatic heterocycles. The lowest BCUT2D eigenvalue weighted by molar-refractivity contribution is -0.142. The Hall–Kier alpha value is -3.54. The highest BCUT2D eigenvalue weighted by Gasteiger charge is 2.62. The van der Waals surface area contributed by atoms with Crippen molar-refractivity contribution in [3.05, 3.63) is 84.0 Å². The predicted molar refractivity (Wildman–Crippen MR) is 150 cm³/mol. The Labute approximate surface area is 235 Å². The number of carbonyl (C=O) groups is 4. The van der Waals surface area contributed by atoms with Crippen LogP contribution in [0.3, 0.4) is 0 Å². The van der Waals surface area contributed by atoms with Crippen molar-refractivity contribution in [2.24, 2.45) is 53.3 Å². The van der Waals surface area contributed by atoms with Crippen molar-refractivity contribution < 1.29 is 19.2 Å². The summed E-state index contributed by atoms with van der Waals surface area (Å²) in [6.45, 7) is 10.3. The summed E-state index contributed by atoms with van der Waals surface area (Å²) in [5, 5.41) is 0. The van der Waals surface area contributed by atoms with Crippen LogP contribution in [0.2, 0.25) is 0 Å². The largest absolute Gasteiger partial charge is 0.278 e. The van der Waals surface area contributed by atoms with Gasteiger partial charge in [-0.1, -0.05) is 66.6 Å². The second-order valence-corrected chi connectivity index (χ2v) is 12.7. The van der Waals surface area contributed by atoms with Gasteiger partial charge in [0.25, 0.3) is 0 Å². The second kappa shape index (κ2) is 9.25. The maximum atomic E-state index is 13.5. The number of likely N-dealkylation sites (tertiary alicyclic amines) is 2. The van der Waals surface area contributed by atoms with Crippen LogP contribution in [-0.2, 0) is 32.3 Å². The van der Waals surface area contributed by atoms with E-state index >= 15 is 0 Å². The highest BCUT2D eigenvalue weighted by atomic mass is 16.2. The maximum absolute atomic E-state index is 13.5. The highest BCUT2D eigenvalue weighted by Crippen LogP contribution is 2.58. The third kappa shape index (κ3) is 3.54. The van der Waals surface area contributed by atoms with E-state index in [2.05, 4.69) is 32.2 Å². The summed E-state index contributed by atoms with van der Waals surface area (Å²) in [7, 11) is 0. The zero-order chi connectivity index (χ0) is 27.9. The minimum atomic E-state index is -0.261. The lowest BCUT2D eigenvalue weighted by atomic mass is 9.77. The van der Waals surface area contributed by atoms with Crippen molar-refractivity contribution in [1.82, 2.24) is 9.80 Å². The summed E-state index contributed by atoms with van der Waals surface area (Å²) < 4.78 is 0. The standard InChI is InChI=1S/C34H36N2O4/c1-4-6-10-21-12-22-14-25(21)29-27(22)31(37)35(33(29)39)16-19-8-7-9-20(11-19)17-36-32(38)28-23-13-24(18(3)5-2)26(15-23)30(28)34(36)40/h4-5,7-9,11-13,18,22-23,25-30H,1-2,6,10,14-17H2,3H3. The molecule has 0 N–H and O–H groups in total. The highest BCUT2D eigenvalue weighted by molar-refractivity contribution is 6.07. The van der Waals surface area contributed by atoms with Gasteiger partial charge in [0.05, 0.1) is 36.8 Å².